The van der Waals surface area contributed by atoms with Crippen molar-refractivity contribution in [1.82, 2.24) is 0 Å². The van der Waals surface area contributed by atoms with Gasteiger partial charge in [-0.25, -0.2) is 0 Å². The summed E-state index contributed by atoms with van der Waals surface area (Å²) in [5.41, 5.74) is 0.984. The van der Waals surface area contributed by atoms with Gasteiger partial charge in [0.15, 0.2) is 0 Å². The highest BCUT2D eigenvalue weighted by molar-refractivity contribution is 9.10. The molecule has 2 rings (SSSR count). The minimum absolute atomic E-state index is 0.387. The van der Waals surface area contributed by atoms with E-state index < -0.39 is 0 Å². The predicted octanol–water partition coefficient (Wildman–Crippen LogP) is 4.64. The van der Waals surface area contributed by atoms with Crippen LogP contribution in [0.5, 0.6) is 5.75 Å². The second-order valence-corrected chi connectivity index (χ2v) is 5.38. The van der Waals surface area contributed by atoms with Crippen LogP contribution < -0.4 is 4.74 Å². The molecule has 0 unspecified atom stereocenters. The average Bonchev–Trinajstić information content (AvgIpc) is 2.39. The molecule has 0 aliphatic heterocycles. The standard InChI is InChI=1S/C15H10Br2O/c16-13-5-3-12(4-6-13)2-1-11-18-15-9-7-14(17)8-10-15/h3-10H,11H2. The maximum absolute atomic E-state index is 5.50. The van der Waals surface area contributed by atoms with E-state index in [0.717, 1.165) is 20.3 Å². The lowest BCUT2D eigenvalue weighted by Crippen LogP contribution is -1.93. The summed E-state index contributed by atoms with van der Waals surface area (Å²) < 4.78 is 7.60. The van der Waals surface area contributed by atoms with Crippen molar-refractivity contribution < 1.29 is 4.74 Å². The van der Waals surface area contributed by atoms with Crippen molar-refractivity contribution in [3.05, 3.63) is 63.0 Å². The average molecular weight is 366 g/mol. The molecule has 0 radical (unpaired) electrons. The highest BCUT2D eigenvalue weighted by Gasteiger charge is 1.91. The second-order valence-electron chi connectivity index (χ2n) is 3.55. The van der Waals surface area contributed by atoms with Crippen molar-refractivity contribution in [1.29, 1.82) is 0 Å². The Morgan fingerprint density at radius 1 is 0.833 bits per heavy atom. The number of hydrogen-bond acceptors (Lipinski definition) is 1. The van der Waals surface area contributed by atoms with Crippen molar-refractivity contribution in [2.75, 3.05) is 6.61 Å². The van der Waals surface area contributed by atoms with Crippen molar-refractivity contribution in [2.45, 2.75) is 0 Å². The second kappa shape index (κ2) is 6.63. The molecule has 0 aliphatic carbocycles. The Bertz CT molecular complexity index is 562. The van der Waals surface area contributed by atoms with Crippen LogP contribution in [-0.2, 0) is 0 Å². The molecule has 18 heavy (non-hydrogen) atoms. The van der Waals surface area contributed by atoms with Crippen molar-refractivity contribution in [3.8, 4) is 17.6 Å². The summed E-state index contributed by atoms with van der Waals surface area (Å²) in [7, 11) is 0. The molecule has 0 atom stereocenters. The summed E-state index contributed by atoms with van der Waals surface area (Å²) in [6.07, 6.45) is 0. The van der Waals surface area contributed by atoms with Gasteiger partial charge in [0.1, 0.15) is 12.4 Å². The smallest absolute Gasteiger partial charge is 0.149 e. The third-order valence-corrected chi connectivity index (χ3v) is 3.26. The summed E-state index contributed by atoms with van der Waals surface area (Å²) in [6, 6.07) is 15.6. The molecule has 0 bridgehead atoms. The van der Waals surface area contributed by atoms with Gasteiger partial charge in [-0.1, -0.05) is 43.7 Å². The maximum atomic E-state index is 5.50. The normalized spacial score (nSPS) is 9.44. The van der Waals surface area contributed by atoms with Gasteiger partial charge in [0.05, 0.1) is 0 Å². The van der Waals surface area contributed by atoms with Gasteiger partial charge >= 0.3 is 0 Å². The van der Waals surface area contributed by atoms with E-state index in [4.69, 9.17) is 4.74 Å². The molecule has 0 fully saturated rings. The van der Waals surface area contributed by atoms with Crippen LogP contribution in [0.2, 0.25) is 0 Å². The minimum Gasteiger partial charge on any atom is -0.481 e. The number of rotatable bonds is 2. The number of halogens is 2. The van der Waals surface area contributed by atoms with E-state index >= 15 is 0 Å². The lowest BCUT2D eigenvalue weighted by atomic mass is 10.2. The van der Waals surface area contributed by atoms with Crippen molar-refractivity contribution in [2.24, 2.45) is 0 Å². The fraction of sp³-hybridized carbons (Fsp3) is 0.0667. The molecular formula is C15H10Br2O. The number of hydrogen-bond donors (Lipinski definition) is 0. The molecule has 0 N–H and O–H groups in total. The van der Waals surface area contributed by atoms with E-state index in [1.54, 1.807) is 0 Å². The van der Waals surface area contributed by atoms with Crippen LogP contribution in [-0.4, -0.2) is 6.61 Å². The molecule has 0 heterocycles. The Hall–Kier alpha value is -1.24. The zero-order chi connectivity index (χ0) is 12.8. The lowest BCUT2D eigenvalue weighted by molar-refractivity contribution is 0.370. The summed E-state index contributed by atoms with van der Waals surface area (Å²) in [4.78, 5) is 0. The van der Waals surface area contributed by atoms with Gasteiger partial charge in [-0.15, -0.1) is 0 Å². The SMILES string of the molecule is Brc1ccc(C#CCOc2ccc(Br)cc2)cc1. The van der Waals surface area contributed by atoms with E-state index in [-0.39, 0.29) is 0 Å². The van der Waals surface area contributed by atoms with Crippen LogP contribution in [0, 0.1) is 11.8 Å². The van der Waals surface area contributed by atoms with E-state index in [2.05, 4.69) is 43.7 Å². The Balaban J connectivity index is 1.89. The van der Waals surface area contributed by atoms with Gasteiger partial charge in [0.2, 0.25) is 0 Å². The Morgan fingerprint density at radius 3 is 2.00 bits per heavy atom. The Morgan fingerprint density at radius 2 is 1.39 bits per heavy atom. The fourth-order valence-electron chi connectivity index (χ4n) is 1.32. The molecule has 0 amide bonds. The van der Waals surface area contributed by atoms with Gasteiger partial charge in [-0.05, 0) is 48.5 Å². The van der Waals surface area contributed by atoms with Crippen LogP contribution in [0.3, 0.4) is 0 Å². The Kier molecular flexibility index (Phi) is 4.86. The van der Waals surface area contributed by atoms with Gasteiger partial charge in [-0.3, -0.25) is 0 Å². The van der Waals surface area contributed by atoms with E-state index in [9.17, 15) is 0 Å². The third kappa shape index (κ3) is 4.21. The van der Waals surface area contributed by atoms with E-state index in [0.29, 0.717) is 6.61 Å². The van der Waals surface area contributed by atoms with Gasteiger partial charge in [0.25, 0.3) is 0 Å². The first-order chi connectivity index (χ1) is 8.74. The predicted molar refractivity (Wildman–Crippen MR) is 80.7 cm³/mol. The molecule has 0 aromatic heterocycles. The highest BCUT2D eigenvalue weighted by Crippen LogP contribution is 2.15. The molecule has 2 aromatic carbocycles. The highest BCUT2D eigenvalue weighted by atomic mass is 79.9. The number of ether oxygens (including phenoxy) is 1. The van der Waals surface area contributed by atoms with Crippen molar-refractivity contribution >= 4 is 31.9 Å². The largest absolute Gasteiger partial charge is 0.481 e. The van der Waals surface area contributed by atoms with E-state index in [1.807, 2.05) is 48.5 Å². The topological polar surface area (TPSA) is 9.23 Å². The quantitative estimate of drug-likeness (QED) is 0.704. The van der Waals surface area contributed by atoms with Crippen LogP contribution in [0.1, 0.15) is 5.56 Å². The van der Waals surface area contributed by atoms with Gasteiger partial charge in [0, 0.05) is 14.5 Å². The first-order valence-electron chi connectivity index (χ1n) is 5.37. The summed E-state index contributed by atoms with van der Waals surface area (Å²) in [5, 5.41) is 0. The lowest BCUT2D eigenvalue weighted by Gasteiger charge is -2.00. The number of benzene rings is 2. The molecule has 0 spiro atoms. The molecule has 0 aliphatic rings. The fourth-order valence-corrected chi connectivity index (χ4v) is 1.85. The van der Waals surface area contributed by atoms with Crippen LogP contribution in [0.25, 0.3) is 0 Å². The van der Waals surface area contributed by atoms with Gasteiger partial charge in [-0.2, -0.15) is 0 Å². The van der Waals surface area contributed by atoms with Crippen LogP contribution in [0.4, 0.5) is 0 Å². The van der Waals surface area contributed by atoms with Crippen LogP contribution in [0.15, 0.2) is 57.5 Å². The molecule has 3 heteroatoms. The minimum atomic E-state index is 0.387. The third-order valence-electron chi connectivity index (χ3n) is 2.20. The first-order valence-corrected chi connectivity index (χ1v) is 6.95. The van der Waals surface area contributed by atoms with Crippen LogP contribution >= 0.6 is 31.9 Å². The molecule has 0 saturated carbocycles. The molecule has 90 valence electrons. The molecule has 0 saturated heterocycles. The summed E-state index contributed by atoms with van der Waals surface area (Å²) in [5.74, 6) is 6.86. The first kappa shape index (κ1) is 13.2. The zero-order valence-corrected chi connectivity index (χ0v) is 12.7. The molecule has 1 nitrogen and oxygen atoms in total. The Labute approximate surface area is 123 Å². The molecular weight excluding hydrogens is 356 g/mol. The summed E-state index contributed by atoms with van der Waals surface area (Å²) >= 11 is 6.76. The van der Waals surface area contributed by atoms with Crippen molar-refractivity contribution in [3.63, 3.8) is 0 Å². The van der Waals surface area contributed by atoms with E-state index in [1.165, 1.54) is 0 Å². The maximum Gasteiger partial charge on any atom is 0.149 e. The summed E-state index contributed by atoms with van der Waals surface area (Å²) in [6.45, 7) is 0.387. The van der Waals surface area contributed by atoms with Gasteiger partial charge < -0.3 is 4.74 Å². The monoisotopic (exact) mass is 364 g/mol. The zero-order valence-electron chi connectivity index (χ0n) is 9.49. The molecule has 2 aromatic rings.